The van der Waals surface area contributed by atoms with E-state index in [4.69, 9.17) is 9.47 Å². The molecule has 0 fully saturated rings. The van der Waals surface area contributed by atoms with Gasteiger partial charge in [0.2, 0.25) is 11.4 Å². The molecule has 2 heterocycles. The lowest BCUT2D eigenvalue weighted by molar-refractivity contribution is -0.200. The molecule has 178 valence electrons. The van der Waals surface area contributed by atoms with Crippen molar-refractivity contribution in [2.45, 2.75) is 38.0 Å². The van der Waals surface area contributed by atoms with Gasteiger partial charge >= 0.3 is 11.9 Å². The van der Waals surface area contributed by atoms with Crippen LogP contribution in [0.1, 0.15) is 24.5 Å². The van der Waals surface area contributed by atoms with Crippen molar-refractivity contribution in [2.24, 2.45) is 0 Å². The summed E-state index contributed by atoms with van der Waals surface area (Å²) in [5, 5.41) is 3.61. The van der Waals surface area contributed by atoms with Gasteiger partial charge in [-0.05, 0) is 24.1 Å². The number of hydrogen-bond donors (Lipinski definition) is 3. The molecule has 3 rings (SSSR count). The first-order valence-corrected chi connectivity index (χ1v) is 9.77. The average Bonchev–Trinajstić information content (AvgIpc) is 3.06. The number of rotatable bonds is 7. The van der Waals surface area contributed by atoms with Gasteiger partial charge in [0.25, 0.3) is 11.5 Å². The van der Waals surface area contributed by atoms with E-state index in [9.17, 15) is 32.3 Å². The second kappa shape index (κ2) is 8.64. The van der Waals surface area contributed by atoms with Crippen molar-refractivity contribution < 1.29 is 32.2 Å². The van der Waals surface area contributed by atoms with Crippen molar-refractivity contribution in [1.82, 2.24) is 14.9 Å². The van der Waals surface area contributed by atoms with Gasteiger partial charge in [-0.2, -0.15) is 13.2 Å². The summed E-state index contributed by atoms with van der Waals surface area (Å²) in [4.78, 5) is 51.1. The summed E-state index contributed by atoms with van der Waals surface area (Å²) >= 11 is 0. The molecule has 13 heteroatoms. The number of nitrogens with zero attached hydrogens (tertiary/aromatic N) is 1. The Bertz CT molecular complexity index is 1220. The van der Waals surface area contributed by atoms with Crippen molar-refractivity contribution in [2.75, 3.05) is 19.5 Å². The Kier molecular flexibility index (Phi) is 6.25. The van der Waals surface area contributed by atoms with Gasteiger partial charge in [-0.15, -0.1) is 0 Å². The number of amides is 2. The number of carbonyl (C=O) groups is 2. The van der Waals surface area contributed by atoms with Crippen LogP contribution < -0.4 is 31.4 Å². The highest BCUT2D eigenvalue weighted by Gasteiger charge is 2.68. The van der Waals surface area contributed by atoms with Crippen molar-refractivity contribution in [3.63, 3.8) is 0 Å². The van der Waals surface area contributed by atoms with Crippen LogP contribution in [-0.4, -0.2) is 41.8 Å². The van der Waals surface area contributed by atoms with Gasteiger partial charge in [0.15, 0.2) is 11.5 Å². The van der Waals surface area contributed by atoms with E-state index in [1.165, 1.54) is 21.1 Å². The van der Waals surface area contributed by atoms with Crippen LogP contribution >= 0.6 is 0 Å². The number of alkyl halides is 3. The predicted octanol–water partition coefficient (Wildman–Crippen LogP) is 1.03. The first-order valence-electron chi connectivity index (χ1n) is 9.77. The molecule has 1 unspecified atom stereocenters. The van der Waals surface area contributed by atoms with Gasteiger partial charge in [0.1, 0.15) is 11.4 Å². The molecule has 1 aliphatic heterocycles. The number of carbonyl (C=O) groups excluding carboxylic acids is 2. The number of anilines is 1. The zero-order valence-corrected chi connectivity index (χ0v) is 17.9. The van der Waals surface area contributed by atoms with E-state index in [0.29, 0.717) is 17.1 Å². The quantitative estimate of drug-likeness (QED) is 0.554. The Morgan fingerprint density at radius 1 is 1.15 bits per heavy atom. The molecule has 2 amide bonds. The third kappa shape index (κ3) is 3.94. The monoisotopic (exact) mass is 470 g/mol. The smallest absolute Gasteiger partial charge is 0.425 e. The highest BCUT2D eigenvalue weighted by atomic mass is 19.4. The molecule has 2 aromatic rings. The largest absolute Gasteiger partial charge is 0.493 e. The number of halogens is 3. The second-order valence-corrected chi connectivity index (χ2v) is 7.18. The maximum absolute atomic E-state index is 14.1. The predicted molar refractivity (Wildman–Crippen MR) is 109 cm³/mol. The molecule has 0 saturated carbocycles. The van der Waals surface area contributed by atoms with Gasteiger partial charge in [-0.3, -0.25) is 23.9 Å². The summed E-state index contributed by atoms with van der Waals surface area (Å²) in [5.74, 6) is -2.54. The number of H-pyrrole nitrogens is 1. The fraction of sp³-hybridized carbons (Fsp3) is 0.400. The van der Waals surface area contributed by atoms with Crippen molar-refractivity contribution in [1.29, 1.82) is 0 Å². The van der Waals surface area contributed by atoms with Crippen molar-refractivity contribution >= 4 is 17.6 Å². The van der Waals surface area contributed by atoms with Gasteiger partial charge in [0.05, 0.1) is 14.2 Å². The third-order valence-electron chi connectivity index (χ3n) is 5.29. The van der Waals surface area contributed by atoms with Crippen molar-refractivity contribution in [3.8, 4) is 11.5 Å². The van der Waals surface area contributed by atoms with Crippen molar-refractivity contribution in [3.05, 3.63) is 50.2 Å². The average molecular weight is 470 g/mol. The van der Waals surface area contributed by atoms with Crippen LogP contribution in [0.15, 0.2) is 27.8 Å². The summed E-state index contributed by atoms with van der Waals surface area (Å²) in [6.07, 6.45) is -5.59. The van der Waals surface area contributed by atoms with Crippen LogP contribution in [0.5, 0.6) is 11.5 Å². The number of fused-ring (bicyclic) bond motifs is 1. The fourth-order valence-electron chi connectivity index (χ4n) is 3.61. The highest BCUT2D eigenvalue weighted by molar-refractivity contribution is 6.07. The Balaban J connectivity index is 2.10. The molecule has 1 atom stereocenters. The molecule has 0 spiro atoms. The minimum absolute atomic E-state index is 0.134. The van der Waals surface area contributed by atoms with Crippen LogP contribution in [0, 0.1) is 0 Å². The van der Waals surface area contributed by atoms with Crippen LogP contribution in [0.4, 0.5) is 19.0 Å². The minimum Gasteiger partial charge on any atom is -0.493 e. The number of benzene rings is 1. The van der Waals surface area contributed by atoms with E-state index in [2.05, 4.69) is 0 Å². The molecule has 0 aliphatic carbocycles. The van der Waals surface area contributed by atoms with E-state index in [1.54, 1.807) is 23.5 Å². The second-order valence-electron chi connectivity index (χ2n) is 7.18. The first-order chi connectivity index (χ1) is 15.5. The van der Waals surface area contributed by atoms with Gasteiger partial charge in [-0.1, -0.05) is 13.0 Å². The summed E-state index contributed by atoms with van der Waals surface area (Å²) in [6, 6.07) is 4.90. The number of nitrogens with one attached hydrogen (secondary N) is 3. The molecular weight excluding hydrogens is 449 g/mol. The summed E-state index contributed by atoms with van der Waals surface area (Å²) in [7, 11) is 2.88. The van der Waals surface area contributed by atoms with E-state index in [1.807, 2.05) is 10.3 Å². The lowest BCUT2D eigenvalue weighted by Crippen LogP contribution is -2.62. The maximum Gasteiger partial charge on any atom is 0.425 e. The number of aromatic amines is 1. The molecule has 10 nitrogen and oxygen atoms in total. The Morgan fingerprint density at radius 3 is 2.39 bits per heavy atom. The number of aryl methyl sites for hydroxylation is 1. The van der Waals surface area contributed by atoms with Crippen LogP contribution in [-0.2, 0) is 28.1 Å². The number of aromatic nitrogens is 2. The summed E-state index contributed by atoms with van der Waals surface area (Å²) in [5.41, 5.74) is -6.51. The van der Waals surface area contributed by atoms with E-state index in [-0.39, 0.29) is 19.4 Å². The number of hydrogen-bond acceptors (Lipinski definition) is 6. The summed E-state index contributed by atoms with van der Waals surface area (Å²) in [6.45, 7) is 1.10. The molecule has 3 N–H and O–H groups in total. The van der Waals surface area contributed by atoms with Gasteiger partial charge in [0, 0.05) is 13.0 Å². The third-order valence-corrected chi connectivity index (χ3v) is 5.29. The SMILES string of the molecule is CCC(=O)NC1(C(F)(F)F)C(=O)Nc2c1c(=O)[nH]c(=O)n2CCc1ccc(OC)c(OC)c1. The number of methoxy groups -OCH3 is 2. The lowest BCUT2D eigenvalue weighted by Gasteiger charge is -2.29. The lowest BCUT2D eigenvalue weighted by atomic mass is 9.91. The minimum atomic E-state index is -5.36. The van der Waals surface area contributed by atoms with Crippen LogP contribution in [0.2, 0.25) is 0 Å². The zero-order valence-electron chi connectivity index (χ0n) is 17.9. The first kappa shape index (κ1) is 23.9. The molecule has 1 aromatic heterocycles. The van der Waals surface area contributed by atoms with Gasteiger partial charge < -0.3 is 20.1 Å². The molecule has 33 heavy (non-hydrogen) atoms. The van der Waals surface area contributed by atoms with Crippen LogP contribution in [0.25, 0.3) is 0 Å². The van der Waals surface area contributed by atoms with E-state index < -0.39 is 46.2 Å². The fourth-order valence-corrected chi connectivity index (χ4v) is 3.61. The zero-order chi connectivity index (χ0) is 24.6. The topological polar surface area (TPSA) is 132 Å². The maximum atomic E-state index is 14.1. The molecule has 0 radical (unpaired) electrons. The Labute approximate surface area is 184 Å². The normalized spacial score (nSPS) is 17.3. The van der Waals surface area contributed by atoms with Gasteiger partial charge in [-0.25, -0.2) is 4.79 Å². The van der Waals surface area contributed by atoms with Crippen LogP contribution in [0.3, 0.4) is 0 Å². The Hall–Kier alpha value is -3.77. The molecular formula is C20H21F3N4O6. The molecule has 1 aromatic carbocycles. The van der Waals surface area contributed by atoms with E-state index in [0.717, 1.165) is 4.57 Å². The standard InChI is InChI=1S/C20H21F3N4O6/c1-4-13(28)26-19(20(21,22)23)14-15(24-17(19)30)27(18(31)25-16(14)29)8-7-10-5-6-11(32-2)12(9-10)33-3/h5-6,9H,4,7-8H2,1-3H3,(H,24,30)(H,26,28)(H,25,29,31). The highest BCUT2D eigenvalue weighted by Crippen LogP contribution is 2.45. The number of ether oxygens (including phenoxy) is 2. The van der Waals surface area contributed by atoms with E-state index >= 15 is 0 Å². The summed E-state index contributed by atoms with van der Waals surface area (Å²) < 4.78 is 53.5. The Morgan fingerprint density at radius 2 is 1.82 bits per heavy atom. The molecule has 0 bridgehead atoms. The molecule has 1 aliphatic rings. The molecule has 0 saturated heterocycles.